The smallest absolute Gasteiger partial charge is 0.324 e. The molecule has 0 spiro atoms. The van der Waals surface area contributed by atoms with Gasteiger partial charge in [-0.3, -0.25) is 0 Å². The lowest BCUT2D eigenvalue weighted by Gasteiger charge is -2.30. The zero-order valence-electron chi connectivity index (χ0n) is 17.8. The van der Waals surface area contributed by atoms with E-state index in [1.165, 1.54) is 17.6 Å². The summed E-state index contributed by atoms with van der Waals surface area (Å²) in [5.41, 5.74) is 0.924. The van der Waals surface area contributed by atoms with E-state index >= 15 is 0 Å². The van der Waals surface area contributed by atoms with Crippen LogP contribution in [0.3, 0.4) is 0 Å². The van der Waals surface area contributed by atoms with Crippen LogP contribution in [0.2, 0.25) is 0 Å². The monoisotopic (exact) mass is 462 g/mol. The van der Waals surface area contributed by atoms with E-state index in [4.69, 9.17) is 9.26 Å². The molecule has 0 amide bonds. The summed E-state index contributed by atoms with van der Waals surface area (Å²) in [5.74, 6) is 1.44. The minimum absolute atomic E-state index is 0.254. The normalized spacial score (nSPS) is 15.5. The summed E-state index contributed by atoms with van der Waals surface area (Å²) in [6, 6.07) is 7.44. The van der Waals surface area contributed by atoms with Crippen LogP contribution < -0.4 is 9.64 Å². The molecule has 4 rings (SSSR count). The van der Waals surface area contributed by atoms with Crippen LogP contribution in [-0.2, 0) is 9.84 Å². The summed E-state index contributed by atoms with van der Waals surface area (Å²) >= 11 is 1.46. The maximum Gasteiger partial charge on any atom is 0.324 e. The molecule has 0 aliphatic carbocycles. The number of nitrogens with zero attached hydrogens (tertiary/aromatic N) is 4. The molecule has 3 heterocycles. The largest absolute Gasteiger partial charge is 0.470 e. The molecule has 0 radical (unpaired) electrons. The molecule has 0 N–H and O–H groups in total. The van der Waals surface area contributed by atoms with Crippen molar-refractivity contribution >= 4 is 27.2 Å². The summed E-state index contributed by atoms with van der Waals surface area (Å²) in [6.07, 6.45) is 4.95. The number of thiazole rings is 1. The standard InChI is InChI=1S/C21H26N4O4S2/c1-14(2)19-23-20(29-24-19)25-10-8-15(9-11-25)13-28-21-22-12-18(30-21)16-4-6-17(7-5-16)31(3,26)27/h4-7,12,14-15H,8-11,13H2,1-3H3. The number of aromatic nitrogens is 3. The third kappa shape index (κ3) is 5.24. The molecule has 8 nitrogen and oxygen atoms in total. The van der Waals surface area contributed by atoms with Crippen LogP contribution in [0.5, 0.6) is 5.19 Å². The van der Waals surface area contributed by atoms with Crippen LogP contribution in [0.15, 0.2) is 39.9 Å². The van der Waals surface area contributed by atoms with Gasteiger partial charge in [0.1, 0.15) is 0 Å². The van der Waals surface area contributed by atoms with Gasteiger partial charge in [-0.05, 0) is 36.5 Å². The van der Waals surface area contributed by atoms with Crippen LogP contribution in [0.4, 0.5) is 6.01 Å². The van der Waals surface area contributed by atoms with Gasteiger partial charge in [0.25, 0.3) is 5.19 Å². The molecule has 1 saturated heterocycles. The number of benzene rings is 1. The van der Waals surface area contributed by atoms with E-state index in [0.717, 1.165) is 42.2 Å². The van der Waals surface area contributed by atoms with Crippen molar-refractivity contribution in [3.8, 4) is 15.6 Å². The molecule has 1 aliphatic heterocycles. The highest BCUT2D eigenvalue weighted by Gasteiger charge is 2.24. The lowest BCUT2D eigenvalue weighted by atomic mass is 9.98. The molecule has 1 aromatic carbocycles. The molecule has 3 aromatic rings. The maximum absolute atomic E-state index is 11.6. The van der Waals surface area contributed by atoms with Crippen LogP contribution in [0.1, 0.15) is 38.4 Å². The van der Waals surface area contributed by atoms with Gasteiger partial charge in [-0.2, -0.15) is 4.98 Å². The van der Waals surface area contributed by atoms with E-state index in [1.54, 1.807) is 30.5 Å². The predicted octanol–water partition coefficient (Wildman–Crippen LogP) is 4.02. The van der Waals surface area contributed by atoms with Gasteiger partial charge >= 0.3 is 6.01 Å². The molecule has 1 fully saturated rings. The molecule has 0 unspecified atom stereocenters. The molecular formula is C21H26N4O4S2. The Morgan fingerprint density at radius 1 is 1.23 bits per heavy atom. The van der Waals surface area contributed by atoms with Crippen LogP contribution in [0.25, 0.3) is 10.4 Å². The fourth-order valence-electron chi connectivity index (χ4n) is 3.39. The Bertz CT molecular complexity index is 1110. The summed E-state index contributed by atoms with van der Waals surface area (Å²) < 4.78 is 34.5. The van der Waals surface area contributed by atoms with Crippen LogP contribution >= 0.6 is 11.3 Å². The highest BCUT2D eigenvalue weighted by molar-refractivity contribution is 7.90. The zero-order valence-corrected chi connectivity index (χ0v) is 19.4. The lowest BCUT2D eigenvalue weighted by Crippen LogP contribution is -2.35. The first-order valence-electron chi connectivity index (χ1n) is 10.3. The Hall–Kier alpha value is -2.46. The molecule has 10 heteroatoms. The van der Waals surface area contributed by atoms with Gasteiger partial charge in [-0.25, -0.2) is 13.4 Å². The second-order valence-electron chi connectivity index (χ2n) is 8.12. The molecule has 0 saturated carbocycles. The van der Waals surface area contributed by atoms with Crippen molar-refractivity contribution in [2.24, 2.45) is 5.92 Å². The minimum atomic E-state index is -3.20. The fraction of sp³-hybridized carbons (Fsp3) is 0.476. The number of sulfone groups is 1. The molecule has 31 heavy (non-hydrogen) atoms. The summed E-state index contributed by atoms with van der Waals surface area (Å²) in [6.45, 7) is 6.45. The number of piperidine rings is 1. The van der Waals surface area contributed by atoms with Gasteiger partial charge < -0.3 is 14.2 Å². The Morgan fingerprint density at radius 3 is 2.55 bits per heavy atom. The van der Waals surface area contributed by atoms with Crippen molar-refractivity contribution in [3.63, 3.8) is 0 Å². The molecule has 166 valence electrons. The van der Waals surface area contributed by atoms with E-state index in [0.29, 0.717) is 28.6 Å². The van der Waals surface area contributed by atoms with Gasteiger partial charge in [0.15, 0.2) is 15.7 Å². The first kappa shape index (κ1) is 21.8. The molecule has 1 aliphatic rings. The highest BCUT2D eigenvalue weighted by atomic mass is 32.2. The van der Waals surface area contributed by atoms with Crippen molar-refractivity contribution in [3.05, 3.63) is 36.3 Å². The molecule has 0 bridgehead atoms. The highest BCUT2D eigenvalue weighted by Crippen LogP contribution is 2.32. The topological polar surface area (TPSA) is 98.4 Å². The Balaban J connectivity index is 1.28. The van der Waals surface area contributed by atoms with E-state index in [2.05, 4.69) is 20.0 Å². The van der Waals surface area contributed by atoms with Gasteiger partial charge in [0.2, 0.25) is 0 Å². The first-order chi connectivity index (χ1) is 14.8. The third-order valence-corrected chi connectivity index (χ3v) is 7.41. The van der Waals surface area contributed by atoms with Crippen molar-refractivity contribution < 1.29 is 17.7 Å². The van der Waals surface area contributed by atoms with Gasteiger partial charge in [0.05, 0.1) is 16.4 Å². The molecule has 2 aromatic heterocycles. The Kier molecular flexibility index (Phi) is 6.29. The summed E-state index contributed by atoms with van der Waals surface area (Å²) in [4.78, 5) is 12.2. The summed E-state index contributed by atoms with van der Waals surface area (Å²) in [7, 11) is -3.20. The molecule has 0 atom stereocenters. The van der Waals surface area contributed by atoms with Crippen LogP contribution in [0, 0.1) is 5.92 Å². The van der Waals surface area contributed by atoms with Crippen molar-refractivity contribution in [1.29, 1.82) is 0 Å². The van der Waals surface area contributed by atoms with E-state index in [9.17, 15) is 8.42 Å². The SMILES string of the molecule is CC(C)c1noc(N2CCC(COc3ncc(-c4ccc(S(C)(=O)=O)cc4)s3)CC2)n1. The average Bonchev–Trinajstić information content (AvgIpc) is 3.42. The summed E-state index contributed by atoms with van der Waals surface area (Å²) in [5, 5.41) is 4.67. The third-order valence-electron chi connectivity index (χ3n) is 5.33. The van der Waals surface area contributed by atoms with Crippen LogP contribution in [-0.4, -0.2) is 49.5 Å². The predicted molar refractivity (Wildman–Crippen MR) is 119 cm³/mol. The van der Waals surface area contributed by atoms with E-state index in [-0.39, 0.29) is 5.92 Å². The quantitative estimate of drug-likeness (QED) is 0.519. The van der Waals surface area contributed by atoms with E-state index < -0.39 is 9.84 Å². The Labute approximate surface area is 186 Å². The number of hydrogen-bond donors (Lipinski definition) is 0. The van der Waals surface area contributed by atoms with E-state index in [1.807, 2.05) is 13.8 Å². The maximum atomic E-state index is 11.6. The number of ether oxygens (including phenoxy) is 1. The number of rotatable bonds is 7. The van der Waals surface area contributed by atoms with Gasteiger partial charge in [0, 0.05) is 31.5 Å². The van der Waals surface area contributed by atoms with Crippen molar-refractivity contribution in [2.75, 3.05) is 30.9 Å². The Morgan fingerprint density at radius 2 is 1.94 bits per heavy atom. The van der Waals surface area contributed by atoms with Crippen molar-refractivity contribution in [1.82, 2.24) is 15.1 Å². The minimum Gasteiger partial charge on any atom is -0.470 e. The van der Waals surface area contributed by atoms with Crippen molar-refractivity contribution in [2.45, 2.75) is 37.5 Å². The first-order valence-corrected chi connectivity index (χ1v) is 13.0. The number of hydrogen-bond acceptors (Lipinski definition) is 9. The van der Waals surface area contributed by atoms with Gasteiger partial charge in [-0.1, -0.05) is 42.5 Å². The number of anilines is 1. The van der Waals surface area contributed by atoms with Gasteiger partial charge in [-0.15, -0.1) is 0 Å². The molecular weight excluding hydrogens is 436 g/mol. The fourth-order valence-corrected chi connectivity index (χ4v) is 4.80. The lowest BCUT2D eigenvalue weighted by molar-refractivity contribution is 0.219. The second-order valence-corrected chi connectivity index (χ2v) is 11.1. The average molecular weight is 463 g/mol. The second kappa shape index (κ2) is 8.96. The zero-order chi connectivity index (χ0) is 22.0.